The van der Waals surface area contributed by atoms with Crippen molar-refractivity contribution in [2.75, 3.05) is 0 Å². The van der Waals surface area contributed by atoms with E-state index in [-0.39, 0.29) is 5.56 Å². The summed E-state index contributed by atoms with van der Waals surface area (Å²) in [5.41, 5.74) is 4.41. The summed E-state index contributed by atoms with van der Waals surface area (Å²) in [6, 6.07) is 9.71. The normalized spacial score (nSPS) is 11.2. The first-order valence-electron chi connectivity index (χ1n) is 7.29. The van der Waals surface area contributed by atoms with Gasteiger partial charge in [-0.25, -0.2) is 4.52 Å². The topological polar surface area (TPSA) is 68.0 Å². The molecule has 0 spiro atoms. The second-order valence-electron chi connectivity index (χ2n) is 5.63. The van der Waals surface area contributed by atoms with E-state index < -0.39 is 0 Å². The zero-order valence-electron chi connectivity index (χ0n) is 12.8. The van der Waals surface area contributed by atoms with E-state index in [1.54, 1.807) is 9.20 Å². The van der Waals surface area contributed by atoms with Crippen LogP contribution in [-0.4, -0.2) is 24.4 Å². The van der Waals surface area contributed by atoms with Crippen molar-refractivity contribution in [1.29, 1.82) is 0 Å². The van der Waals surface area contributed by atoms with Crippen LogP contribution >= 0.6 is 0 Å². The van der Waals surface area contributed by atoms with Crippen molar-refractivity contribution in [3.8, 4) is 22.5 Å². The molecule has 6 heteroatoms. The van der Waals surface area contributed by atoms with Gasteiger partial charge in [0, 0.05) is 30.6 Å². The van der Waals surface area contributed by atoms with Crippen LogP contribution < -0.4 is 5.56 Å². The van der Waals surface area contributed by atoms with Gasteiger partial charge in [-0.3, -0.25) is 9.48 Å². The quantitative estimate of drug-likeness (QED) is 0.618. The molecule has 114 valence electrons. The molecule has 0 saturated carbocycles. The first kappa shape index (κ1) is 13.5. The Kier molecular flexibility index (Phi) is 2.90. The number of nitrogens with zero attached hydrogens (tertiary/aromatic N) is 4. The van der Waals surface area contributed by atoms with Gasteiger partial charge in [-0.05, 0) is 24.1 Å². The summed E-state index contributed by atoms with van der Waals surface area (Å²) in [6.45, 7) is 1.94. The van der Waals surface area contributed by atoms with Crippen molar-refractivity contribution < 1.29 is 0 Å². The first-order chi connectivity index (χ1) is 11.1. The number of benzene rings is 1. The van der Waals surface area contributed by atoms with E-state index >= 15 is 0 Å². The fraction of sp³-hybridized carbons (Fsp3) is 0.118. The molecule has 4 rings (SSSR count). The molecule has 3 aromatic heterocycles. The van der Waals surface area contributed by atoms with Crippen LogP contribution in [0.5, 0.6) is 0 Å². The van der Waals surface area contributed by atoms with E-state index in [9.17, 15) is 4.79 Å². The number of aromatic nitrogens is 5. The monoisotopic (exact) mass is 305 g/mol. The molecule has 0 amide bonds. The lowest BCUT2D eigenvalue weighted by Gasteiger charge is -2.03. The van der Waals surface area contributed by atoms with E-state index in [1.165, 1.54) is 0 Å². The minimum absolute atomic E-state index is 0.139. The highest BCUT2D eigenvalue weighted by Gasteiger charge is 2.08. The molecule has 0 aliphatic rings. The maximum Gasteiger partial charge on any atom is 0.275 e. The average Bonchev–Trinajstić information content (AvgIpc) is 3.13. The highest BCUT2D eigenvalue weighted by molar-refractivity contribution is 5.66. The number of aryl methyl sites for hydroxylation is 2. The van der Waals surface area contributed by atoms with Crippen molar-refractivity contribution in [3.05, 3.63) is 64.8 Å². The van der Waals surface area contributed by atoms with Crippen LogP contribution in [0.3, 0.4) is 0 Å². The summed E-state index contributed by atoms with van der Waals surface area (Å²) < 4.78 is 3.39. The molecule has 1 aromatic carbocycles. The van der Waals surface area contributed by atoms with Crippen LogP contribution in [0, 0.1) is 6.92 Å². The summed E-state index contributed by atoms with van der Waals surface area (Å²) in [7, 11) is 1.89. The van der Waals surface area contributed by atoms with Crippen LogP contribution in [-0.2, 0) is 7.05 Å². The van der Waals surface area contributed by atoms with Gasteiger partial charge in [0.05, 0.1) is 6.20 Å². The molecule has 0 atom stereocenters. The summed E-state index contributed by atoms with van der Waals surface area (Å²) in [6.07, 6.45) is 5.63. The zero-order valence-corrected chi connectivity index (χ0v) is 12.8. The Balaban J connectivity index is 1.77. The average molecular weight is 305 g/mol. The second kappa shape index (κ2) is 4.95. The Hall–Kier alpha value is -3.15. The Morgan fingerprint density at radius 1 is 1.04 bits per heavy atom. The van der Waals surface area contributed by atoms with Crippen molar-refractivity contribution in [2.24, 2.45) is 7.05 Å². The molecular weight excluding hydrogens is 290 g/mol. The minimum atomic E-state index is -0.139. The Bertz CT molecular complexity index is 1050. The van der Waals surface area contributed by atoms with Crippen molar-refractivity contribution in [3.63, 3.8) is 0 Å². The van der Waals surface area contributed by atoms with Gasteiger partial charge in [0.25, 0.3) is 5.56 Å². The Morgan fingerprint density at radius 3 is 2.48 bits per heavy atom. The number of H-pyrrole nitrogens is 1. The lowest BCUT2D eigenvalue weighted by atomic mass is 10.1. The Labute approximate surface area is 132 Å². The maximum atomic E-state index is 12.1. The van der Waals surface area contributed by atoms with Crippen LogP contribution in [0.2, 0.25) is 0 Å². The summed E-state index contributed by atoms with van der Waals surface area (Å²) >= 11 is 0. The summed E-state index contributed by atoms with van der Waals surface area (Å²) in [5.74, 6) is 0.552. The van der Waals surface area contributed by atoms with Crippen molar-refractivity contribution in [2.45, 2.75) is 6.92 Å². The van der Waals surface area contributed by atoms with E-state index in [1.807, 2.05) is 62.9 Å². The van der Waals surface area contributed by atoms with Gasteiger partial charge in [-0.1, -0.05) is 24.3 Å². The molecule has 0 aliphatic carbocycles. The van der Waals surface area contributed by atoms with Gasteiger partial charge < -0.3 is 4.98 Å². The number of hydrogen-bond donors (Lipinski definition) is 1. The molecule has 0 aliphatic heterocycles. The molecule has 0 fully saturated rings. The van der Waals surface area contributed by atoms with Gasteiger partial charge in [-0.15, -0.1) is 5.10 Å². The van der Waals surface area contributed by atoms with E-state index in [2.05, 4.69) is 15.2 Å². The van der Waals surface area contributed by atoms with Crippen molar-refractivity contribution >= 4 is 5.52 Å². The van der Waals surface area contributed by atoms with Crippen LogP contribution in [0.15, 0.2) is 53.7 Å². The number of rotatable bonds is 2. The van der Waals surface area contributed by atoms with Gasteiger partial charge in [0.15, 0.2) is 5.82 Å². The molecule has 0 saturated heterocycles. The maximum absolute atomic E-state index is 12.1. The number of fused-ring (bicyclic) bond motifs is 1. The molecule has 0 radical (unpaired) electrons. The standard InChI is InChI=1S/C17H15N5O/c1-11-7-15-17(23)19-16(20-22(15)9-11)13-5-3-12(4-6-13)14-8-18-21(2)10-14/h3-10H,1-2H3,(H,19,20,23). The molecule has 0 bridgehead atoms. The summed E-state index contributed by atoms with van der Waals surface area (Å²) in [5, 5.41) is 8.65. The number of nitrogens with one attached hydrogen (secondary N) is 1. The van der Waals surface area contributed by atoms with Gasteiger partial charge in [0.2, 0.25) is 0 Å². The minimum Gasteiger partial charge on any atom is -0.303 e. The molecular formula is C17H15N5O. The highest BCUT2D eigenvalue weighted by atomic mass is 16.1. The fourth-order valence-corrected chi connectivity index (χ4v) is 2.66. The van der Waals surface area contributed by atoms with Crippen LogP contribution in [0.25, 0.3) is 28.0 Å². The predicted octanol–water partition coefficient (Wildman–Crippen LogP) is 2.40. The third kappa shape index (κ3) is 2.34. The number of hydrogen-bond acceptors (Lipinski definition) is 3. The molecule has 0 unspecified atom stereocenters. The van der Waals surface area contributed by atoms with Gasteiger partial charge >= 0.3 is 0 Å². The van der Waals surface area contributed by atoms with Gasteiger partial charge in [-0.2, -0.15) is 5.10 Å². The van der Waals surface area contributed by atoms with Crippen LogP contribution in [0.4, 0.5) is 0 Å². The third-order valence-electron chi connectivity index (χ3n) is 3.81. The molecule has 23 heavy (non-hydrogen) atoms. The first-order valence-corrected chi connectivity index (χ1v) is 7.29. The van der Waals surface area contributed by atoms with E-state index in [4.69, 9.17) is 0 Å². The largest absolute Gasteiger partial charge is 0.303 e. The summed E-state index contributed by atoms with van der Waals surface area (Å²) in [4.78, 5) is 15.0. The van der Waals surface area contributed by atoms with Crippen molar-refractivity contribution in [1.82, 2.24) is 24.4 Å². The van der Waals surface area contributed by atoms with Gasteiger partial charge in [0.1, 0.15) is 5.52 Å². The number of aromatic amines is 1. The predicted molar refractivity (Wildman–Crippen MR) is 88.2 cm³/mol. The molecule has 6 nitrogen and oxygen atoms in total. The molecule has 1 N–H and O–H groups in total. The molecule has 4 aromatic rings. The zero-order chi connectivity index (χ0) is 16.0. The van der Waals surface area contributed by atoms with E-state index in [0.717, 1.165) is 22.3 Å². The van der Waals surface area contributed by atoms with E-state index in [0.29, 0.717) is 11.3 Å². The SMILES string of the molecule is Cc1cc2c(=O)[nH]c(-c3ccc(-c4cnn(C)c4)cc3)nn2c1. The van der Waals surface area contributed by atoms with Crippen LogP contribution in [0.1, 0.15) is 5.56 Å². The fourth-order valence-electron chi connectivity index (χ4n) is 2.66. The lowest BCUT2D eigenvalue weighted by molar-refractivity contribution is 0.768. The lowest BCUT2D eigenvalue weighted by Crippen LogP contribution is -2.13. The Morgan fingerprint density at radius 2 is 1.78 bits per heavy atom. The smallest absolute Gasteiger partial charge is 0.275 e. The molecule has 3 heterocycles. The third-order valence-corrected chi connectivity index (χ3v) is 3.81. The second-order valence-corrected chi connectivity index (χ2v) is 5.63. The highest BCUT2D eigenvalue weighted by Crippen LogP contribution is 2.22.